The van der Waals surface area contributed by atoms with Crippen LogP contribution in [0.15, 0.2) is 46.9 Å². The predicted molar refractivity (Wildman–Crippen MR) is 100 cm³/mol. The van der Waals surface area contributed by atoms with Gasteiger partial charge in [0, 0.05) is 5.69 Å². The molecule has 1 aromatic carbocycles. The van der Waals surface area contributed by atoms with Gasteiger partial charge in [0.2, 0.25) is 11.1 Å². The minimum absolute atomic E-state index is 0.144. The van der Waals surface area contributed by atoms with E-state index in [4.69, 9.17) is 10.6 Å². The lowest BCUT2D eigenvalue weighted by Gasteiger charge is -2.07. The molecule has 3 aromatic rings. The topological polar surface area (TPSA) is 95.1 Å². The van der Waals surface area contributed by atoms with Gasteiger partial charge in [-0.2, -0.15) is 0 Å². The van der Waals surface area contributed by atoms with Gasteiger partial charge < -0.3 is 15.9 Å². The number of nitrogens with one attached hydrogen (secondary N) is 1. The van der Waals surface area contributed by atoms with Crippen molar-refractivity contribution in [1.29, 1.82) is 0 Å². The van der Waals surface area contributed by atoms with Crippen molar-refractivity contribution in [2.75, 3.05) is 23.5 Å². The first-order valence-corrected chi connectivity index (χ1v) is 9.43. The number of ether oxygens (including phenoxy) is 1. The fourth-order valence-electron chi connectivity index (χ4n) is 2.08. The molecule has 0 atom stereocenters. The van der Waals surface area contributed by atoms with E-state index in [1.54, 1.807) is 12.1 Å². The Morgan fingerprint density at radius 1 is 1.32 bits per heavy atom. The van der Waals surface area contributed by atoms with Crippen LogP contribution in [0.1, 0.15) is 6.92 Å². The van der Waals surface area contributed by atoms with Crippen LogP contribution >= 0.6 is 23.1 Å². The van der Waals surface area contributed by atoms with Crippen LogP contribution in [0.25, 0.3) is 10.7 Å². The summed E-state index contributed by atoms with van der Waals surface area (Å²) in [6, 6.07) is 11.1. The summed E-state index contributed by atoms with van der Waals surface area (Å²) in [7, 11) is 0. The van der Waals surface area contributed by atoms with Crippen LogP contribution in [0.4, 0.5) is 5.69 Å². The van der Waals surface area contributed by atoms with Crippen molar-refractivity contribution in [1.82, 2.24) is 14.9 Å². The third kappa shape index (κ3) is 4.31. The standard InChI is InChI=1S/C16H17N5O2S2/c1-2-23-12-7-5-11(6-8-12)18-14(22)10-25-16-20-19-15(21(16)17)13-4-3-9-24-13/h3-9H,2,10,17H2,1H3,(H,18,22). The molecule has 2 heterocycles. The van der Waals surface area contributed by atoms with Crippen LogP contribution in [0.2, 0.25) is 0 Å². The molecule has 130 valence electrons. The number of hydrogen-bond acceptors (Lipinski definition) is 7. The average Bonchev–Trinajstić information content (AvgIpc) is 3.25. The zero-order chi connectivity index (χ0) is 17.6. The number of nitrogen functional groups attached to an aromatic ring is 1. The van der Waals surface area contributed by atoms with E-state index in [0.717, 1.165) is 10.6 Å². The Morgan fingerprint density at radius 3 is 2.80 bits per heavy atom. The molecule has 0 saturated carbocycles. The van der Waals surface area contributed by atoms with Gasteiger partial charge in [-0.15, -0.1) is 21.5 Å². The second-order valence-corrected chi connectivity index (χ2v) is 6.84. The Labute approximate surface area is 153 Å². The highest BCUT2D eigenvalue weighted by Crippen LogP contribution is 2.25. The molecule has 0 spiro atoms. The van der Waals surface area contributed by atoms with E-state index < -0.39 is 0 Å². The Morgan fingerprint density at radius 2 is 2.12 bits per heavy atom. The lowest BCUT2D eigenvalue weighted by Crippen LogP contribution is -2.16. The van der Waals surface area contributed by atoms with Crippen LogP contribution in [-0.2, 0) is 4.79 Å². The molecule has 0 aliphatic rings. The number of benzene rings is 1. The van der Waals surface area contributed by atoms with Gasteiger partial charge in [0.1, 0.15) is 5.75 Å². The highest BCUT2D eigenvalue weighted by atomic mass is 32.2. The maximum atomic E-state index is 12.1. The van der Waals surface area contributed by atoms with Crippen molar-refractivity contribution in [3.05, 3.63) is 41.8 Å². The Hall–Kier alpha value is -2.52. The second kappa shape index (κ2) is 8.04. The molecule has 3 N–H and O–H groups in total. The number of thiophene rings is 1. The molecule has 3 rings (SSSR count). The van der Waals surface area contributed by atoms with Gasteiger partial charge in [-0.1, -0.05) is 17.8 Å². The van der Waals surface area contributed by atoms with E-state index in [2.05, 4.69) is 15.5 Å². The first kappa shape index (κ1) is 17.3. The van der Waals surface area contributed by atoms with Gasteiger partial charge in [-0.3, -0.25) is 4.79 Å². The quantitative estimate of drug-likeness (QED) is 0.487. The number of carbonyl (C=O) groups is 1. The zero-order valence-corrected chi connectivity index (χ0v) is 15.1. The van der Waals surface area contributed by atoms with Crippen molar-refractivity contribution in [3.8, 4) is 16.5 Å². The summed E-state index contributed by atoms with van der Waals surface area (Å²) < 4.78 is 6.77. The highest BCUT2D eigenvalue weighted by molar-refractivity contribution is 7.99. The maximum absolute atomic E-state index is 12.1. The Kier molecular flexibility index (Phi) is 5.56. The molecule has 0 aliphatic heterocycles. The summed E-state index contributed by atoms with van der Waals surface area (Å²) >= 11 is 2.77. The number of carbonyl (C=O) groups excluding carboxylic acids is 1. The monoisotopic (exact) mass is 375 g/mol. The van der Waals surface area contributed by atoms with Crippen molar-refractivity contribution in [2.45, 2.75) is 12.1 Å². The molecule has 1 amide bonds. The van der Waals surface area contributed by atoms with E-state index in [1.165, 1.54) is 27.8 Å². The van der Waals surface area contributed by atoms with Gasteiger partial charge in [0.15, 0.2) is 5.82 Å². The summed E-state index contributed by atoms with van der Waals surface area (Å²) in [5.41, 5.74) is 0.711. The van der Waals surface area contributed by atoms with Crippen molar-refractivity contribution in [2.24, 2.45) is 0 Å². The smallest absolute Gasteiger partial charge is 0.234 e. The van der Waals surface area contributed by atoms with E-state index in [0.29, 0.717) is 23.3 Å². The number of amides is 1. The minimum Gasteiger partial charge on any atom is -0.494 e. The number of hydrogen-bond donors (Lipinski definition) is 2. The van der Waals surface area contributed by atoms with Gasteiger partial charge >= 0.3 is 0 Å². The Bertz CT molecular complexity index is 831. The minimum atomic E-state index is -0.144. The number of thioether (sulfide) groups is 1. The van der Waals surface area contributed by atoms with Crippen LogP contribution in [0.5, 0.6) is 5.75 Å². The molecule has 0 unspecified atom stereocenters. The predicted octanol–water partition coefficient (Wildman–Crippen LogP) is 2.85. The van der Waals surface area contributed by atoms with Crippen LogP contribution in [0, 0.1) is 0 Å². The van der Waals surface area contributed by atoms with Gasteiger partial charge in [-0.05, 0) is 42.6 Å². The second-order valence-electron chi connectivity index (χ2n) is 4.95. The normalized spacial score (nSPS) is 10.6. The van der Waals surface area contributed by atoms with Crippen molar-refractivity contribution >= 4 is 34.7 Å². The average molecular weight is 375 g/mol. The van der Waals surface area contributed by atoms with E-state index in [-0.39, 0.29) is 11.7 Å². The number of rotatable bonds is 7. The lowest BCUT2D eigenvalue weighted by atomic mass is 10.3. The summed E-state index contributed by atoms with van der Waals surface area (Å²) in [5, 5.41) is 13.4. The molecule has 7 nitrogen and oxygen atoms in total. The van der Waals surface area contributed by atoms with Gasteiger partial charge in [0.05, 0.1) is 17.2 Å². The van der Waals surface area contributed by atoms with Crippen LogP contribution in [0.3, 0.4) is 0 Å². The molecule has 0 fully saturated rings. The fraction of sp³-hybridized carbons (Fsp3) is 0.188. The molecule has 0 radical (unpaired) electrons. The van der Waals surface area contributed by atoms with Crippen molar-refractivity contribution < 1.29 is 9.53 Å². The zero-order valence-electron chi connectivity index (χ0n) is 13.5. The number of anilines is 1. The van der Waals surface area contributed by atoms with Crippen LogP contribution < -0.4 is 15.9 Å². The summed E-state index contributed by atoms with van der Waals surface area (Å²) in [6.07, 6.45) is 0. The van der Waals surface area contributed by atoms with E-state index in [1.807, 2.05) is 36.6 Å². The molecular weight excluding hydrogens is 358 g/mol. The third-order valence-electron chi connectivity index (χ3n) is 3.19. The Balaban J connectivity index is 1.56. The number of aromatic nitrogens is 3. The summed E-state index contributed by atoms with van der Waals surface area (Å²) in [5.74, 6) is 7.41. The summed E-state index contributed by atoms with van der Waals surface area (Å²) in [4.78, 5) is 13.0. The number of nitrogens with zero attached hydrogens (tertiary/aromatic N) is 3. The van der Waals surface area contributed by atoms with E-state index in [9.17, 15) is 4.79 Å². The summed E-state index contributed by atoms with van der Waals surface area (Å²) in [6.45, 7) is 2.53. The lowest BCUT2D eigenvalue weighted by molar-refractivity contribution is -0.113. The molecule has 0 aliphatic carbocycles. The molecular formula is C16H17N5O2S2. The molecule has 2 aromatic heterocycles. The van der Waals surface area contributed by atoms with Crippen molar-refractivity contribution in [3.63, 3.8) is 0 Å². The van der Waals surface area contributed by atoms with E-state index >= 15 is 0 Å². The van der Waals surface area contributed by atoms with Crippen LogP contribution in [-0.4, -0.2) is 33.1 Å². The fourth-order valence-corrected chi connectivity index (χ4v) is 3.44. The molecule has 0 saturated heterocycles. The SMILES string of the molecule is CCOc1ccc(NC(=O)CSc2nnc(-c3cccs3)n2N)cc1. The molecule has 9 heteroatoms. The molecule has 25 heavy (non-hydrogen) atoms. The number of nitrogens with two attached hydrogens (primary N) is 1. The first-order chi connectivity index (χ1) is 12.2. The molecule has 0 bridgehead atoms. The largest absolute Gasteiger partial charge is 0.494 e. The third-order valence-corrected chi connectivity index (χ3v) is 5.00. The van der Waals surface area contributed by atoms with Gasteiger partial charge in [0.25, 0.3) is 0 Å². The highest BCUT2D eigenvalue weighted by Gasteiger charge is 2.14. The first-order valence-electron chi connectivity index (χ1n) is 7.57. The maximum Gasteiger partial charge on any atom is 0.234 e. The van der Waals surface area contributed by atoms with Gasteiger partial charge in [-0.25, -0.2) is 4.68 Å².